The van der Waals surface area contributed by atoms with Crippen LogP contribution in [-0.2, 0) is 14.3 Å². The quantitative estimate of drug-likeness (QED) is 0.0323. The van der Waals surface area contributed by atoms with E-state index in [2.05, 4.69) is 31.3 Å². The number of unbranched alkanes of at least 4 members (excludes halogenated alkanes) is 35. The number of aliphatic hydroxyl groups excluding tert-OH is 2. The van der Waals surface area contributed by atoms with Crippen LogP contribution in [-0.4, -0.2) is 47.4 Å². The van der Waals surface area contributed by atoms with E-state index in [-0.39, 0.29) is 18.5 Å². The van der Waals surface area contributed by atoms with Crippen molar-refractivity contribution in [2.45, 2.75) is 296 Å². The third-order valence-electron chi connectivity index (χ3n) is 12.1. The van der Waals surface area contributed by atoms with Crippen LogP contribution in [0.1, 0.15) is 284 Å². The number of amides is 1. The van der Waals surface area contributed by atoms with Gasteiger partial charge >= 0.3 is 5.97 Å². The number of carbonyl (C=O) groups excluding carboxylic acids is 2. The van der Waals surface area contributed by atoms with Gasteiger partial charge in [0.25, 0.3) is 0 Å². The fourth-order valence-corrected chi connectivity index (χ4v) is 8.03. The molecule has 6 nitrogen and oxygen atoms in total. The predicted octanol–water partition coefficient (Wildman–Crippen LogP) is 15.3. The first-order chi connectivity index (χ1) is 28.5. The average Bonchev–Trinajstić information content (AvgIpc) is 3.22. The number of rotatable bonds is 48. The summed E-state index contributed by atoms with van der Waals surface area (Å²) in [7, 11) is 0. The number of esters is 1. The van der Waals surface area contributed by atoms with Gasteiger partial charge in [-0.25, -0.2) is 0 Å². The van der Waals surface area contributed by atoms with Crippen LogP contribution in [0.4, 0.5) is 0 Å². The molecule has 0 radical (unpaired) electrons. The summed E-state index contributed by atoms with van der Waals surface area (Å²) < 4.78 is 5.43. The largest absolute Gasteiger partial charge is 0.466 e. The van der Waals surface area contributed by atoms with Gasteiger partial charge in [0.15, 0.2) is 0 Å². The molecular formula is C52H101NO5. The molecular weight excluding hydrogens is 719 g/mol. The summed E-state index contributed by atoms with van der Waals surface area (Å²) >= 11 is 0. The second-order valence-corrected chi connectivity index (χ2v) is 17.9. The highest BCUT2D eigenvalue weighted by Crippen LogP contribution is 2.17. The zero-order valence-corrected chi connectivity index (χ0v) is 39.0. The molecule has 0 saturated heterocycles. The van der Waals surface area contributed by atoms with Gasteiger partial charge in [-0.05, 0) is 44.9 Å². The Kier molecular flexibility index (Phi) is 47.1. The number of hydrogen-bond acceptors (Lipinski definition) is 5. The molecule has 0 rings (SSSR count). The van der Waals surface area contributed by atoms with Crippen LogP contribution in [0, 0.1) is 0 Å². The van der Waals surface area contributed by atoms with Crippen LogP contribution >= 0.6 is 0 Å². The van der Waals surface area contributed by atoms with E-state index >= 15 is 0 Å². The van der Waals surface area contributed by atoms with Gasteiger partial charge < -0.3 is 20.3 Å². The maximum absolute atomic E-state index is 12.5. The molecule has 0 aromatic carbocycles. The highest BCUT2D eigenvalue weighted by atomic mass is 16.5. The molecule has 1 amide bonds. The molecule has 344 valence electrons. The molecule has 2 unspecified atom stereocenters. The van der Waals surface area contributed by atoms with Crippen molar-refractivity contribution in [2.24, 2.45) is 0 Å². The van der Waals surface area contributed by atoms with Crippen molar-refractivity contribution in [1.29, 1.82) is 0 Å². The highest BCUT2D eigenvalue weighted by Gasteiger charge is 2.20. The molecule has 0 spiro atoms. The maximum atomic E-state index is 12.5. The lowest BCUT2D eigenvalue weighted by Crippen LogP contribution is -2.45. The third kappa shape index (κ3) is 44.2. The Morgan fingerprint density at radius 3 is 1.28 bits per heavy atom. The molecule has 0 aromatic heterocycles. The summed E-state index contributed by atoms with van der Waals surface area (Å²) in [6, 6.07) is -0.558. The van der Waals surface area contributed by atoms with Crippen molar-refractivity contribution in [2.75, 3.05) is 13.2 Å². The lowest BCUT2D eigenvalue weighted by Gasteiger charge is -2.22. The number of aliphatic hydroxyl groups is 2. The number of allylic oxidation sites excluding steroid dienone is 2. The minimum Gasteiger partial charge on any atom is -0.466 e. The van der Waals surface area contributed by atoms with Gasteiger partial charge in [-0.2, -0.15) is 0 Å². The Hall–Kier alpha value is -1.40. The molecule has 3 N–H and O–H groups in total. The van der Waals surface area contributed by atoms with Crippen molar-refractivity contribution in [3.05, 3.63) is 12.2 Å². The van der Waals surface area contributed by atoms with E-state index in [9.17, 15) is 19.8 Å². The second kappa shape index (κ2) is 48.3. The van der Waals surface area contributed by atoms with Crippen molar-refractivity contribution < 1.29 is 24.5 Å². The molecule has 0 aliphatic rings. The molecule has 58 heavy (non-hydrogen) atoms. The van der Waals surface area contributed by atoms with Crippen molar-refractivity contribution in [1.82, 2.24) is 5.32 Å². The van der Waals surface area contributed by atoms with E-state index in [0.717, 1.165) is 57.8 Å². The standard InChI is InChI=1S/C52H101NO5/c1-3-5-7-9-11-13-15-16-17-18-19-20-21-22-23-25-28-32-36-40-44-50(55)49(48-54)53-51(56)45-41-37-33-29-26-27-31-35-39-43-47-58-52(57)46-42-38-34-30-24-14-12-10-8-6-4-2/h10,12,49-50,54-55H,3-9,11,13-48H2,1-2H3,(H,53,56)/b12-10-. The Balaban J connectivity index is 3.48. The third-order valence-corrected chi connectivity index (χ3v) is 12.1. The van der Waals surface area contributed by atoms with Gasteiger partial charge in [0.05, 0.1) is 25.4 Å². The van der Waals surface area contributed by atoms with E-state index in [0.29, 0.717) is 25.9 Å². The molecule has 0 aromatic rings. The van der Waals surface area contributed by atoms with Gasteiger partial charge in [0, 0.05) is 12.8 Å². The Labute approximate surface area is 361 Å². The number of carbonyl (C=O) groups is 2. The summed E-state index contributed by atoms with van der Waals surface area (Å²) in [6.07, 6.45) is 54.6. The lowest BCUT2D eigenvalue weighted by molar-refractivity contribution is -0.143. The van der Waals surface area contributed by atoms with Crippen LogP contribution in [0.5, 0.6) is 0 Å². The number of ether oxygens (including phenoxy) is 1. The van der Waals surface area contributed by atoms with E-state index < -0.39 is 12.1 Å². The molecule has 0 fully saturated rings. The predicted molar refractivity (Wildman–Crippen MR) is 250 cm³/mol. The minimum absolute atomic E-state index is 0.0292. The number of nitrogens with one attached hydrogen (secondary N) is 1. The zero-order chi connectivity index (χ0) is 42.3. The van der Waals surface area contributed by atoms with Crippen molar-refractivity contribution in [3.63, 3.8) is 0 Å². The Morgan fingerprint density at radius 1 is 0.466 bits per heavy atom. The van der Waals surface area contributed by atoms with E-state index in [4.69, 9.17) is 4.74 Å². The second-order valence-electron chi connectivity index (χ2n) is 17.9. The molecule has 0 bridgehead atoms. The van der Waals surface area contributed by atoms with Gasteiger partial charge in [-0.3, -0.25) is 9.59 Å². The SMILES string of the molecule is CCCC/C=C\CCCCCCCC(=O)OCCCCCCCCCCCCC(=O)NC(CO)C(O)CCCCCCCCCCCCCCCCCCCCCC. The van der Waals surface area contributed by atoms with Gasteiger partial charge in [-0.15, -0.1) is 0 Å². The minimum atomic E-state index is -0.679. The summed E-state index contributed by atoms with van der Waals surface area (Å²) in [4.78, 5) is 24.4. The lowest BCUT2D eigenvalue weighted by atomic mass is 10.0. The van der Waals surface area contributed by atoms with Crippen LogP contribution in [0.2, 0.25) is 0 Å². The first kappa shape index (κ1) is 56.6. The first-order valence-corrected chi connectivity index (χ1v) is 25.9. The van der Waals surface area contributed by atoms with Crippen LogP contribution < -0.4 is 5.32 Å². The van der Waals surface area contributed by atoms with Gasteiger partial charge in [-0.1, -0.05) is 238 Å². The normalized spacial score (nSPS) is 12.7. The first-order valence-electron chi connectivity index (χ1n) is 25.9. The maximum Gasteiger partial charge on any atom is 0.305 e. The molecule has 0 heterocycles. The summed E-state index contributed by atoms with van der Waals surface area (Å²) in [5.41, 5.74) is 0. The summed E-state index contributed by atoms with van der Waals surface area (Å²) in [5.74, 6) is -0.0853. The smallest absolute Gasteiger partial charge is 0.305 e. The molecule has 0 saturated carbocycles. The van der Waals surface area contributed by atoms with Crippen LogP contribution in [0.25, 0.3) is 0 Å². The number of hydrogen-bond donors (Lipinski definition) is 3. The Morgan fingerprint density at radius 2 is 0.828 bits per heavy atom. The Bertz CT molecular complexity index is 863. The molecule has 2 atom stereocenters. The van der Waals surface area contributed by atoms with Crippen molar-refractivity contribution in [3.8, 4) is 0 Å². The van der Waals surface area contributed by atoms with E-state index in [1.54, 1.807) is 0 Å². The summed E-state index contributed by atoms with van der Waals surface area (Å²) in [6.45, 7) is 4.87. The molecule has 0 aliphatic carbocycles. The fraction of sp³-hybridized carbons (Fsp3) is 0.923. The van der Waals surface area contributed by atoms with Gasteiger partial charge in [0.2, 0.25) is 5.91 Å². The van der Waals surface area contributed by atoms with Crippen LogP contribution in [0.15, 0.2) is 12.2 Å². The topological polar surface area (TPSA) is 95.9 Å². The fourth-order valence-electron chi connectivity index (χ4n) is 8.03. The van der Waals surface area contributed by atoms with Crippen molar-refractivity contribution >= 4 is 11.9 Å². The molecule has 6 heteroatoms. The van der Waals surface area contributed by atoms with Crippen LogP contribution in [0.3, 0.4) is 0 Å². The van der Waals surface area contributed by atoms with Gasteiger partial charge in [0.1, 0.15) is 0 Å². The average molecular weight is 820 g/mol. The van der Waals surface area contributed by atoms with E-state index in [1.807, 2.05) is 0 Å². The monoisotopic (exact) mass is 820 g/mol. The summed E-state index contributed by atoms with van der Waals surface area (Å²) in [5, 5.41) is 23.3. The highest BCUT2D eigenvalue weighted by molar-refractivity contribution is 5.76. The zero-order valence-electron chi connectivity index (χ0n) is 39.0. The molecule has 0 aliphatic heterocycles. The van der Waals surface area contributed by atoms with E-state index in [1.165, 1.54) is 193 Å².